The molecule has 8 N–H and O–H groups in total. The summed E-state index contributed by atoms with van der Waals surface area (Å²) in [6.45, 7) is -2.61. The van der Waals surface area contributed by atoms with Gasteiger partial charge in [-0.05, 0) is 0 Å². The van der Waals surface area contributed by atoms with Gasteiger partial charge in [-0.15, -0.1) is 0 Å². The molecule has 0 aromatic rings. The van der Waals surface area contributed by atoms with Gasteiger partial charge in [0.25, 0.3) is 0 Å². The quantitative estimate of drug-likeness (QED) is 0.238. The molecule has 23 heavy (non-hydrogen) atoms. The molecule has 11 heteroatoms. The average Bonchev–Trinajstić information content (AvgIpc) is 2.80. The summed E-state index contributed by atoms with van der Waals surface area (Å²) in [6.07, 6.45) is -14.7. The van der Waals surface area contributed by atoms with Gasteiger partial charge in [0.2, 0.25) is 5.79 Å². The number of rotatable bonds is 5. The van der Waals surface area contributed by atoms with E-state index in [4.69, 9.17) is 25.8 Å². The van der Waals surface area contributed by atoms with Gasteiger partial charge in [0.05, 0.1) is 21.2 Å². The molecule has 0 aliphatic carbocycles. The van der Waals surface area contributed by atoms with Gasteiger partial charge in [0.1, 0.15) is 42.7 Å². The summed E-state index contributed by atoms with van der Waals surface area (Å²) in [4.78, 5) is 0. The maximum Gasteiger partial charge on any atom is 0.219 e. The minimum absolute atomic E-state index is 0.721. The minimum Gasteiger partial charge on any atom is -0.394 e. The lowest BCUT2D eigenvalue weighted by atomic mass is 9.99. The van der Waals surface area contributed by atoms with Crippen LogP contribution in [0.2, 0.25) is 0 Å². The van der Waals surface area contributed by atoms with E-state index in [9.17, 15) is 30.6 Å². The zero-order valence-corrected chi connectivity index (χ0v) is 12.0. The van der Waals surface area contributed by atoms with E-state index < -0.39 is 74.6 Å². The van der Waals surface area contributed by atoms with Crippen LogP contribution in [0.25, 0.3) is 0 Å². The van der Waals surface area contributed by atoms with Crippen LogP contribution in [0, 0.1) is 0 Å². The van der Waals surface area contributed by atoms with Gasteiger partial charge in [-0.1, -0.05) is 0 Å². The second-order valence-electron chi connectivity index (χ2n) is 5.42. The largest absolute Gasteiger partial charge is 0.394 e. The summed E-state index contributed by atoms with van der Waals surface area (Å²) >= 11 is 0. The molecule has 2 fully saturated rings. The van der Waals surface area contributed by atoms with E-state index in [-0.39, 0.29) is 0 Å². The Morgan fingerprint density at radius 2 is 1.61 bits per heavy atom. The van der Waals surface area contributed by atoms with Gasteiger partial charge < -0.3 is 55.1 Å². The Balaban J connectivity index is 2.17. The molecule has 2 saturated heterocycles. The molecule has 2 rings (SSSR count). The van der Waals surface area contributed by atoms with E-state index in [1.54, 1.807) is 0 Å². The average molecular weight is 343 g/mol. The lowest BCUT2D eigenvalue weighted by molar-refractivity contribution is -0.318. The molecule has 0 amide bonds. The zero-order chi connectivity index (χ0) is 18.3. The Bertz CT molecular complexity index is 433. The Morgan fingerprint density at radius 3 is 2.13 bits per heavy atom. The molecule has 0 saturated carbocycles. The number of hydrogen-bond donors (Lipinski definition) is 8. The van der Waals surface area contributed by atoms with Crippen LogP contribution in [-0.4, -0.2) is 115 Å². The second kappa shape index (κ2) is 7.21. The van der Waals surface area contributed by atoms with Crippen molar-refractivity contribution in [3.05, 3.63) is 0 Å². The smallest absolute Gasteiger partial charge is 0.219 e. The molecule has 0 aromatic carbocycles. The van der Waals surface area contributed by atoms with Gasteiger partial charge in [-0.2, -0.15) is 0 Å². The molecule has 0 bridgehead atoms. The van der Waals surface area contributed by atoms with Crippen molar-refractivity contribution in [2.24, 2.45) is 0 Å². The fourth-order valence-corrected chi connectivity index (χ4v) is 2.52. The van der Waals surface area contributed by atoms with Gasteiger partial charge in [0.15, 0.2) is 6.29 Å². The van der Waals surface area contributed by atoms with Crippen molar-refractivity contribution in [1.29, 1.82) is 0 Å². The summed E-state index contributed by atoms with van der Waals surface area (Å²) in [7, 11) is 0. The van der Waals surface area contributed by atoms with Crippen molar-refractivity contribution >= 4 is 0 Å². The van der Waals surface area contributed by atoms with Crippen molar-refractivity contribution < 1.29 is 56.4 Å². The summed E-state index contributed by atoms with van der Waals surface area (Å²) in [5.41, 5.74) is 0. The predicted molar refractivity (Wildman–Crippen MR) is 68.6 cm³/mol. The fraction of sp³-hybridized carbons (Fsp3) is 1.00. The highest BCUT2D eigenvalue weighted by Gasteiger charge is 2.56. The minimum atomic E-state index is -2.71. The van der Waals surface area contributed by atoms with E-state index in [0.717, 1.165) is 0 Å². The summed E-state index contributed by atoms with van der Waals surface area (Å²) in [6, 6.07) is 0. The molecule has 2 heterocycles. The first-order valence-electron chi connectivity index (χ1n) is 7.42. The van der Waals surface area contributed by atoms with E-state index >= 15 is 0 Å². The highest BCUT2D eigenvalue weighted by Crippen LogP contribution is 2.33. The van der Waals surface area contributed by atoms with Crippen molar-refractivity contribution in [2.75, 3.05) is 19.8 Å². The Hall–Kier alpha value is -0.440. The normalized spacial score (nSPS) is 55.0. The Morgan fingerprint density at radius 1 is 1.00 bits per heavy atom. The molecule has 0 spiro atoms. The predicted octanol–water partition coefficient (Wildman–Crippen LogP) is -5.40. The first-order chi connectivity index (χ1) is 11.1. The highest BCUT2D eigenvalue weighted by molar-refractivity contribution is 4.98. The SMILES string of the molecule is [2H][C@@]1(O)[C@H](O)[C@@H](O)[C@H](O[C@@H]2[C@@H](CO)OC(O)(CO)[C@H]2O)O[C@@H]1CO. The van der Waals surface area contributed by atoms with Crippen LogP contribution in [0.3, 0.4) is 0 Å². The van der Waals surface area contributed by atoms with Crippen LogP contribution in [0.15, 0.2) is 0 Å². The van der Waals surface area contributed by atoms with Crippen molar-refractivity contribution in [3.8, 4) is 0 Å². The van der Waals surface area contributed by atoms with Crippen molar-refractivity contribution in [1.82, 2.24) is 0 Å². The van der Waals surface area contributed by atoms with Gasteiger partial charge in [-0.3, -0.25) is 0 Å². The summed E-state index contributed by atoms with van der Waals surface area (Å²) in [5.74, 6) is -2.41. The molecule has 1 unspecified atom stereocenters. The molecule has 0 radical (unpaired) electrons. The zero-order valence-electron chi connectivity index (χ0n) is 13.0. The van der Waals surface area contributed by atoms with Crippen molar-refractivity contribution in [2.45, 2.75) is 54.8 Å². The van der Waals surface area contributed by atoms with Gasteiger partial charge in [-0.25, -0.2) is 0 Å². The number of aliphatic hydroxyl groups is 8. The monoisotopic (exact) mass is 343 g/mol. The molecular formula is C12H22O11. The van der Waals surface area contributed by atoms with Crippen LogP contribution in [-0.2, 0) is 14.2 Å². The molecule has 2 aliphatic heterocycles. The van der Waals surface area contributed by atoms with Crippen LogP contribution in [0.5, 0.6) is 0 Å². The molecule has 0 aromatic heterocycles. The number of ether oxygens (including phenoxy) is 3. The van der Waals surface area contributed by atoms with E-state index in [2.05, 4.69) is 0 Å². The first kappa shape index (κ1) is 17.4. The lowest BCUT2D eigenvalue weighted by Crippen LogP contribution is -2.60. The molecule has 2 aliphatic rings. The summed E-state index contributed by atoms with van der Waals surface area (Å²) in [5, 5.41) is 76.8. The molecular weight excluding hydrogens is 320 g/mol. The van der Waals surface area contributed by atoms with Crippen LogP contribution >= 0.6 is 0 Å². The molecule has 11 nitrogen and oxygen atoms in total. The number of aliphatic hydroxyl groups excluding tert-OH is 6. The maximum absolute atomic E-state index is 10.0. The Kier molecular flexibility index (Phi) is 5.45. The lowest BCUT2D eigenvalue weighted by Gasteiger charge is -2.41. The van der Waals surface area contributed by atoms with Gasteiger partial charge in [0, 0.05) is 0 Å². The topological polar surface area (TPSA) is 190 Å². The highest BCUT2D eigenvalue weighted by atomic mass is 16.7. The molecule has 136 valence electrons. The van der Waals surface area contributed by atoms with Crippen LogP contribution in [0.4, 0.5) is 0 Å². The maximum atomic E-state index is 10.0. The van der Waals surface area contributed by atoms with Crippen LogP contribution in [0.1, 0.15) is 1.37 Å². The third kappa shape index (κ3) is 3.36. The summed E-state index contributed by atoms with van der Waals surface area (Å²) < 4.78 is 22.7. The van der Waals surface area contributed by atoms with E-state index in [1.807, 2.05) is 0 Å². The molecule has 9 atom stereocenters. The third-order valence-electron chi connectivity index (χ3n) is 3.89. The first-order valence-corrected chi connectivity index (χ1v) is 6.92. The van der Waals surface area contributed by atoms with E-state index in [0.29, 0.717) is 0 Å². The van der Waals surface area contributed by atoms with E-state index in [1.165, 1.54) is 0 Å². The third-order valence-corrected chi connectivity index (χ3v) is 3.89. The number of hydrogen-bond acceptors (Lipinski definition) is 11. The van der Waals surface area contributed by atoms with Gasteiger partial charge >= 0.3 is 0 Å². The Labute approximate surface area is 132 Å². The standard InChI is InChI=1S/C12H22O11/c13-1-4-6(16)7(17)8(18)11(21-4)22-9-5(2-14)23-12(20,3-15)10(9)19/h4-11,13-20H,1-3H2/t4-,5-,6+,7+,8-,9-,10+,11+,12?/m1/s1/i6D. The fourth-order valence-electron chi connectivity index (χ4n) is 2.52. The van der Waals surface area contributed by atoms with Crippen molar-refractivity contribution in [3.63, 3.8) is 0 Å². The van der Waals surface area contributed by atoms with Crippen LogP contribution < -0.4 is 0 Å². The second-order valence-corrected chi connectivity index (χ2v) is 5.42.